The smallest absolute Gasteiger partial charge is 0.317 e. The fraction of sp³-hybridized carbons (Fsp3) is 0.462. The lowest BCUT2D eigenvalue weighted by atomic mass is 10.2. The molecule has 7 nitrogen and oxygen atoms in total. The summed E-state index contributed by atoms with van der Waals surface area (Å²) < 4.78 is 25.6. The van der Waals surface area contributed by atoms with Crippen LogP contribution in [0, 0.1) is 6.92 Å². The van der Waals surface area contributed by atoms with Gasteiger partial charge in [0.1, 0.15) is 0 Å². The number of nitrogens with zero attached hydrogens (tertiary/aromatic N) is 1. The molecule has 0 fully saturated rings. The Labute approximate surface area is 124 Å². The monoisotopic (exact) mass is 316 g/mol. The Bertz CT molecular complexity index is 571. The summed E-state index contributed by atoms with van der Waals surface area (Å²) in [7, 11) is -2.29. The van der Waals surface area contributed by atoms with Crippen LogP contribution in [-0.4, -0.2) is 61.7 Å². The molecular weight excluding hydrogens is 296 g/mol. The number of benzene rings is 1. The van der Waals surface area contributed by atoms with E-state index in [0.717, 1.165) is 9.87 Å². The van der Waals surface area contributed by atoms with Crippen molar-refractivity contribution >= 4 is 16.0 Å². The maximum atomic E-state index is 12.3. The van der Waals surface area contributed by atoms with E-state index in [9.17, 15) is 18.3 Å². The lowest BCUT2D eigenvalue weighted by molar-refractivity contribution is -0.136. The zero-order valence-electron chi connectivity index (χ0n) is 12.0. The molecule has 0 bridgehead atoms. The van der Waals surface area contributed by atoms with Gasteiger partial charge in [0, 0.05) is 20.1 Å². The molecule has 0 aromatic heterocycles. The number of carbonyl (C=O) groups is 1. The van der Waals surface area contributed by atoms with Gasteiger partial charge >= 0.3 is 5.97 Å². The molecule has 0 spiro atoms. The van der Waals surface area contributed by atoms with Crippen LogP contribution in [0.25, 0.3) is 0 Å². The third-order valence-electron chi connectivity index (χ3n) is 2.85. The molecule has 0 saturated carbocycles. The molecule has 1 unspecified atom stereocenters. The maximum absolute atomic E-state index is 12.3. The van der Waals surface area contributed by atoms with Crippen LogP contribution in [0.1, 0.15) is 5.56 Å². The molecule has 0 aliphatic heterocycles. The van der Waals surface area contributed by atoms with Crippen molar-refractivity contribution in [2.45, 2.75) is 17.9 Å². The SMILES string of the molecule is Cc1ccc(S(=O)(=O)N(C)CC(O)CNCC(=O)O)cc1. The number of likely N-dealkylation sites (N-methyl/N-ethyl adjacent to an activating group) is 1. The molecule has 0 aliphatic carbocycles. The van der Waals surface area contributed by atoms with Crippen molar-refractivity contribution in [1.29, 1.82) is 0 Å². The Hall–Kier alpha value is -1.48. The van der Waals surface area contributed by atoms with Crippen molar-refractivity contribution < 1.29 is 23.4 Å². The molecule has 0 radical (unpaired) electrons. The summed E-state index contributed by atoms with van der Waals surface area (Å²) >= 11 is 0. The summed E-state index contributed by atoms with van der Waals surface area (Å²) in [6.07, 6.45) is -0.991. The second-order valence-corrected chi connectivity index (χ2v) is 6.82. The first-order valence-corrected chi connectivity index (χ1v) is 7.81. The minimum atomic E-state index is -3.66. The molecule has 0 heterocycles. The second kappa shape index (κ2) is 7.51. The van der Waals surface area contributed by atoms with Gasteiger partial charge in [-0.2, -0.15) is 4.31 Å². The highest BCUT2D eigenvalue weighted by Crippen LogP contribution is 2.15. The summed E-state index contributed by atoms with van der Waals surface area (Å²) in [5.41, 5.74) is 0.953. The molecule has 1 rings (SSSR count). The van der Waals surface area contributed by atoms with Crippen LogP contribution < -0.4 is 5.32 Å². The van der Waals surface area contributed by atoms with Crippen LogP contribution in [0.5, 0.6) is 0 Å². The van der Waals surface area contributed by atoms with E-state index in [4.69, 9.17) is 5.11 Å². The highest BCUT2D eigenvalue weighted by molar-refractivity contribution is 7.89. The minimum absolute atomic E-state index is 0.0000574. The van der Waals surface area contributed by atoms with Gasteiger partial charge in [0.05, 0.1) is 17.5 Å². The highest BCUT2D eigenvalue weighted by atomic mass is 32.2. The first-order chi connectivity index (χ1) is 9.73. The summed E-state index contributed by atoms with van der Waals surface area (Å²) in [4.78, 5) is 10.5. The molecule has 0 saturated heterocycles. The van der Waals surface area contributed by atoms with Crippen LogP contribution in [0.15, 0.2) is 29.2 Å². The van der Waals surface area contributed by atoms with Crippen molar-refractivity contribution in [3.63, 3.8) is 0 Å². The normalized spacial score (nSPS) is 13.3. The van der Waals surface area contributed by atoms with Crippen LogP contribution in [0.2, 0.25) is 0 Å². The quantitative estimate of drug-likeness (QED) is 0.605. The predicted molar refractivity (Wildman–Crippen MR) is 77.5 cm³/mol. The minimum Gasteiger partial charge on any atom is -0.480 e. The predicted octanol–water partition coefficient (Wildman–Crippen LogP) is -0.349. The molecule has 1 atom stereocenters. The first kappa shape index (κ1) is 17.6. The van der Waals surface area contributed by atoms with Crippen LogP contribution in [0.4, 0.5) is 0 Å². The number of aliphatic hydroxyl groups excluding tert-OH is 1. The molecule has 1 aromatic rings. The molecule has 8 heteroatoms. The van der Waals surface area contributed by atoms with E-state index < -0.39 is 22.1 Å². The maximum Gasteiger partial charge on any atom is 0.317 e. The zero-order valence-corrected chi connectivity index (χ0v) is 12.8. The number of hydrogen-bond donors (Lipinski definition) is 3. The number of aliphatic hydroxyl groups is 1. The number of aliphatic carboxylic acids is 1. The van der Waals surface area contributed by atoms with Gasteiger partial charge in [0.2, 0.25) is 10.0 Å². The number of sulfonamides is 1. The lowest BCUT2D eigenvalue weighted by Crippen LogP contribution is -2.40. The topological polar surface area (TPSA) is 107 Å². The van der Waals surface area contributed by atoms with E-state index in [1.807, 2.05) is 6.92 Å². The summed E-state index contributed by atoms with van der Waals surface area (Å²) in [6.45, 7) is 1.45. The summed E-state index contributed by atoms with van der Waals surface area (Å²) in [5, 5.41) is 20.7. The molecule has 0 amide bonds. The standard InChI is InChI=1S/C13H20N2O5S/c1-10-3-5-12(6-4-10)21(19,20)15(2)9-11(16)7-14-8-13(17)18/h3-6,11,14,16H,7-9H2,1-2H3,(H,17,18). The lowest BCUT2D eigenvalue weighted by Gasteiger charge is -2.20. The Balaban J connectivity index is 2.62. The van der Waals surface area contributed by atoms with Crippen molar-refractivity contribution in [2.75, 3.05) is 26.7 Å². The fourth-order valence-corrected chi connectivity index (χ4v) is 2.90. The van der Waals surface area contributed by atoms with Crippen LogP contribution in [-0.2, 0) is 14.8 Å². The highest BCUT2D eigenvalue weighted by Gasteiger charge is 2.22. The third-order valence-corrected chi connectivity index (χ3v) is 4.69. The van der Waals surface area contributed by atoms with Crippen molar-refractivity contribution in [1.82, 2.24) is 9.62 Å². The van der Waals surface area contributed by atoms with Crippen LogP contribution >= 0.6 is 0 Å². The van der Waals surface area contributed by atoms with E-state index in [1.54, 1.807) is 12.1 Å². The molecule has 21 heavy (non-hydrogen) atoms. The van der Waals surface area contributed by atoms with Crippen molar-refractivity contribution in [2.24, 2.45) is 0 Å². The summed E-state index contributed by atoms with van der Waals surface area (Å²) in [5.74, 6) is -1.04. The Morgan fingerprint density at radius 3 is 2.43 bits per heavy atom. The molecular formula is C13H20N2O5S. The van der Waals surface area contributed by atoms with Gasteiger partial charge in [0.15, 0.2) is 0 Å². The molecule has 1 aromatic carbocycles. The van der Waals surface area contributed by atoms with Crippen molar-refractivity contribution in [3.8, 4) is 0 Å². The van der Waals surface area contributed by atoms with Gasteiger partial charge in [0.25, 0.3) is 0 Å². The molecule has 118 valence electrons. The van der Waals surface area contributed by atoms with Gasteiger partial charge in [-0.3, -0.25) is 4.79 Å². The van der Waals surface area contributed by atoms with Crippen molar-refractivity contribution in [3.05, 3.63) is 29.8 Å². The van der Waals surface area contributed by atoms with Gasteiger partial charge < -0.3 is 15.5 Å². The Morgan fingerprint density at radius 1 is 1.33 bits per heavy atom. The number of hydrogen-bond acceptors (Lipinski definition) is 5. The third kappa shape index (κ3) is 5.43. The average Bonchev–Trinajstić information content (AvgIpc) is 2.38. The fourth-order valence-electron chi connectivity index (χ4n) is 1.70. The number of carboxylic acid groups (broad SMARTS) is 1. The Kier molecular flexibility index (Phi) is 6.28. The van der Waals surface area contributed by atoms with Gasteiger partial charge in [-0.15, -0.1) is 0 Å². The van der Waals surface area contributed by atoms with E-state index in [1.165, 1.54) is 19.2 Å². The van der Waals surface area contributed by atoms with E-state index in [0.29, 0.717) is 0 Å². The number of carboxylic acids is 1. The summed E-state index contributed by atoms with van der Waals surface area (Å²) in [6, 6.07) is 6.42. The number of rotatable bonds is 8. The second-order valence-electron chi connectivity index (χ2n) is 4.78. The van der Waals surface area contributed by atoms with E-state index in [-0.39, 0.29) is 24.5 Å². The average molecular weight is 316 g/mol. The number of nitrogens with one attached hydrogen (secondary N) is 1. The van der Waals surface area contributed by atoms with Gasteiger partial charge in [-0.25, -0.2) is 8.42 Å². The molecule has 3 N–H and O–H groups in total. The van der Waals surface area contributed by atoms with Gasteiger partial charge in [-0.05, 0) is 19.1 Å². The Morgan fingerprint density at radius 2 is 1.90 bits per heavy atom. The van der Waals surface area contributed by atoms with Crippen LogP contribution in [0.3, 0.4) is 0 Å². The van der Waals surface area contributed by atoms with Gasteiger partial charge in [-0.1, -0.05) is 17.7 Å². The largest absolute Gasteiger partial charge is 0.480 e. The first-order valence-electron chi connectivity index (χ1n) is 6.37. The number of aryl methyl sites for hydroxylation is 1. The van der Waals surface area contributed by atoms with E-state index >= 15 is 0 Å². The zero-order chi connectivity index (χ0) is 16.0. The molecule has 0 aliphatic rings. The van der Waals surface area contributed by atoms with E-state index in [2.05, 4.69) is 5.32 Å².